The number of nitrogens with two attached hydrogens (primary N) is 1. The molecule has 0 radical (unpaired) electrons. The number of fused-ring (bicyclic) bond motifs is 1. The molecule has 0 aliphatic heterocycles. The van der Waals surface area contributed by atoms with Crippen molar-refractivity contribution < 1.29 is 9.59 Å². The van der Waals surface area contributed by atoms with Gasteiger partial charge in [-0.05, 0) is 18.2 Å². The van der Waals surface area contributed by atoms with E-state index in [4.69, 9.17) is 5.73 Å². The van der Waals surface area contributed by atoms with E-state index in [9.17, 15) is 9.59 Å². The number of thiazole rings is 2. The van der Waals surface area contributed by atoms with E-state index in [2.05, 4.69) is 15.3 Å². The smallest absolute Gasteiger partial charge is 0.257 e. The number of rotatable bonds is 3. The Balaban J connectivity index is 1.83. The summed E-state index contributed by atoms with van der Waals surface area (Å²) in [6.07, 6.45) is 0. The summed E-state index contributed by atoms with van der Waals surface area (Å²) >= 11 is 2.54. The predicted octanol–water partition coefficient (Wildman–Crippen LogP) is 2.79. The summed E-state index contributed by atoms with van der Waals surface area (Å²) in [5.41, 5.74) is 7.24. The number of nitrogen functional groups attached to an aromatic ring is 1. The van der Waals surface area contributed by atoms with Crippen LogP contribution in [0, 0.1) is 0 Å². The van der Waals surface area contributed by atoms with Crippen LogP contribution in [0.1, 0.15) is 27.8 Å². The number of nitrogens with zero attached hydrogens (tertiary/aromatic N) is 2. The molecule has 1 aromatic carbocycles. The van der Waals surface area contributed by atoms with Gasteiger partial charge in [-0.1, -0.05) is 11.3 Å². The van der Waals surface area contributed by atoms with Gasteiger partial charge in [0.25, 0.3) is 5.91 Å². The van der Waals surface area contributed by atoms with Gasteiger partial charge in [0.1, 0.15) is 5.69 Å². The Hall–Kier alpha value is -2.32. The van der Waals surface area contributed by atoms with Crippen LogP contribution in [0.5, 0.6) is 0 Å². The molecule has 2 aromatic heterocycles. The van der Waals surface area contributed by atoms with Crippen molar-refractivity contribution in [2.75, 3.05) is 11.1 Å². The number of Topliss-reactive ketones (excluding diaryl/α,β-unsaturated/α-hetero) is 1. The largest absolute Gasteiger partial charge is 0.375 e. The zero-order chi connectivity index (χ0) is 15.0. The first-order chi connectivity index (χ1) is 10.0. The molecule has 21 heavy (non-hydrogen) atoms. The van der Waals surface area contributed by atoms with Crippen molar-refractivity contribution in [3.63, 3.8) is 0 Å². The van der Waals surface area contributed by atoms with E-state index in [1.165, 1.54) is 29.6 Å². The summed E-state index contributed by atoms with van der Waals surface area (Å²) in [6, 6.07) is 5.16. The lowest BCUT2D eigenvalue weighted by Crippen LogP contribution is -2.11. The van der Waals surface area contributed by atoms with Crippen LogP contribution in [0.4, 0.5) is 10.3 Å². The van der Waals surface area contributed by atoms with Gasteiger partial charge in [0.05, 0.1) is 10.2 Å². The molecule has 0 spiro atoms. The third kappa shape index (κ3) is 2.76. The lowest BCUT2D eigenvalue weighted by atomic mass is 10.2. The monoisotopic (exact) mass is 318 g/mol. The molecule has 0 aliphatic carbocycles. The number of hydrogen-bond donors (Lipinski definition) is 2. The third-order valence-electron chi connectivity index (χ3n) is 2.75. The zero-order valence-electron chi connectivity index (χ0n) is 10.9. The van der Waals surface area contributed by atoms with E-state index in [1.54, 1.807) is 23.6 Å². The Kier molecular flexibility index (Phi) is 3.40. The Morgan fingerprint density at radius 1 is 1.29 bits per heavy atom. The van der Waals surface area contributed by atoms with Crippen LogP contribution in [-0.2, 0) is 0 Å². The van der Waals surface area contributed by atoms with Crippen LogP contribution in [-0.4, -0.2) is 21.7 Å². The summed E-state index contributed by atoms with van der Waals surface area (Å²) in [5.74, 6) is -0.415. The Morgan fingerprint density at radius 2 is 2.10 bits per heavy atom. The second-order valence-electron chi connectivity index (χ2n) is 4.28. The summed E-state index contributed by atoms with van der Waals surface area (Å²) in [7, 11) is 0. The molecule has 0 unspecified atom stereocenters. The van der Waals surface area contributed by atoms with Gasteiger partial charge in [-0.25, -0.2) is 9.97 Å². The molecular weight excluding hydrogens is 308 g/mol. The molecular formula is C13H10N4O2S2. The Morgan fingerprint density at radius 3 is 2.81 bits per heavy atom. The summed E-state index contributed by atoms with van der Waals surface area (Å²) < 4.78 is 0.851. The normalized spacial score (nSPS) is 10.7. The molecule has 0 aliphatic rings. The number of nitrogens with one attached hydrogen (secondary N) is 1. The standard InChI is InChI=1S/C13H10N4O2S2/c1-6(18)9-5-20-13(16-9)17-11(19)7-2-3-8-10(4-7)21-12(14)15-8/h2-5H,1H3,(H2,14,15)(H,16,17,19). The Bertz CT molecular complexity index is 853. The zero-order valence-corrected chi connectivity index (χ0v) is 12.5. The molecule has 6 nitrogen and oxygen atoms in total. The number of anilines is 2. The SMILES string of the molecule is CC(=O)c1csc(NC(=O)c2ccc3nc(N)sc3c2)n1. The van der Waals surface area contributed by atoms with Crippen LogP contribution in [0.2, 0.25) is 0 Å². The second-order valence-corrected chi connectivity index (χ2v) is 6.20. The van der Waals surface area contributed by atoms with Crippen molar-refractivity contribution in [3.8, 4) is 0 Å². The maximum Gasteiger partial charge on any atom is 0.257 e. The van der Waals surface area contributed by atoms with Gasteiger partial charge < -0.3 is 5.73 Å². The van der Waals surface area contributed by atoms with Crippen LogP contribution in [0.3, 0.4) is 0 Å². The van der Waals surface area contributed by atoms with E-state index in [0.29, 0.717) is 21.5 Å². The maximum atomic E-state index is 12.2. The number of benzene rings is 1. The number of aromatic nitrogens is 2. The fraction of sp³-hybridized carbons (Fsp3) is 0.0769. The van der Waals surface area contributed by atoms with Crippen molar-refractivity contribution in [1.82, 2.24) is 9.97 Å². The molecule has 0 saturated heterocycles. The van der Waals surface area contributed by atoms with Gasteiger partial charge >= 0.3 is 0 Å². The second kappa shape index (κ2) is 5.23. The molecule has 0 fully saturated rings. The summed E-state index contributed by atoms with van der Waals surface area (Å²) in [6.45, 7) is 1.43. The fourth-order valence-corrected chi connectivity index (χ4v) is 3.26. The fourth-order valence-electron chi connectivity index (χ4n) is 1.75. The van der Waals surface area contributed by atoms with Gasteiger partial charge in [0, 0.05) is 17.9 Å². The first-order valence-corrected chi connectivity index (χ1v) is 7.66. The molecule has 0 atom stereocenters. The number of hydrogen-bond acceptors (Lipinski definition) is 7. The molecule has 8 heteroatoms. The highest BCUT2D eigenvalue weighted by atomic mass is 32.1. The van der Waals surface area contributed by atoms with E-state index in [-0.39, 0.29) is 11.7 Å². The number of amides is 1. The maximum absolute atomic E-state index is 12.2. The van der Waals surface area contributed by atoms with Gasteiger partial charge in [-0.2, -0.15) is 0 Å². The minimum Gasteiger partial charge on any atom is -0.375 e. The van der Waals surface area contributed by atoms with Crippen LogP contribution in [0.15, 0.2) is 23.6 Å². The summed E-state index contributed by atoms with van der Waals surface area (Å²) in [4.78, 5) is 31.5. The number of carbonyl (C=O) groups excluding carboxylic acids is 2. The van der Waals surface area contributed by atoms with Crippen molar-refractivity contribution in [2.45, 2.75) is 6.92 Å². The molecule has 0 bridgehead atoms. The minimum absolute atomic E-state index is 0.131. The summed E-state index contributed by atoms with van der Waals surface area (Å²) in [5, 5.41) is 5.15. The van der Waals surface area contributed by atoms with Crippen LogP contribution in [0.25, 0.3) is 10.2 Å². The van der Waals surface area contributed by atoms with Crippen LogP contribution >= 0.6 is 22.7 Å². The average Bonchev–Trinajstić information content (AvgIpc) is 3.02. The van der Waals surface area contributed by atoms with Crippen LogP contribution < -0.4 is 11.1 Å². The van der Waals surface area contributed by atoms with Gasteiger partial charge in [0.15, 0.2) is 16.0 Å². The first kappa shape index (κ1) is 13.7. The number of ketones is 1. The van der Waals surface area contributed by atoms with E-state index < -0.39 is 0 Å². The van der Waals surface area contributed by atoms with E-state index in [1.807, 2.05) is 0 Å². The average molecular weight is 318 g/mol. The quantitative estimate of drug-likeness (QED) is 0.724. The van der Waals surface area contributed by atoms with E-state index in [0.717, 1.165) is 10.2 Å². The highest BCUT2D eigenvalue weighted by molar-refractivity contribution is 7.22. The Labute approximate surface area is 127 Å². The minimum atomic E-state index is -0.284. The molecule has 1 amide bonds. The van der Waals surface area contributed by atoms with Crippen molar-refractivity contribution in [2.24, 2.45) is 0 Å². The van der Waals surface area contributed by atoms with Gasteiger partial charge in [0.2, 0.25) is 0 Å². The molecule has 3 aromatic rings. The third-order valence-corrected chi connectivity index (χ3v) is 4.36. The molecule has 2 heterocycles. The lowest BCUT2D eigenvalue weighted by Gasteiger charge is -2.01. The molecule has 106 valence electrons. The number of carbonyl (C=O) groups is 2. The molecule has 3 N–H and O–H groups in total. The van der Waals surface area contributed by atoms with Crippen molar-refractivity contribution >= 4 is 54.8 Å². The molecule has 3 rings (SSSR count). The van der Waals surface area contributed by atoms with Crippen molar-refractivity contribution in [3.05, 3.63) is 34.8 Å². The predicted molar refractivity (Wildman–Crippen MR) is 84.1 cm³/mol. The van der Waals surface area contributed by atoms with Gasteiger partial charge in [-0.15, -0.1) is 11.3 Å². The highest BCUT2D eigenvalue weighted by Gasteiger charge is 2.12. The topological polar surface area (TPSA) is 98.0 Å². The van der Waals surface area contributed by atoms with E-state index >= 15 is 0 Å². The highest BCUT2D eigenvalue weighted by Crippen LogP contribution is 2.25. The van der Waals surface area contributed by atoms with Gasteiger partial charge in [-0.3, -0.25) is 14.9 Å². The lowest BCUT2D eigenvalue weighted by molar-refractivity contribution is 0.100. The molecule has 0 saturated carbocycles. The van der Waals surface area contributed by atoms with Crippen molar-refractivity contribution in [1.29, 1.82) is 0 Å². The first-order valence-electron chi connectivity index (χ1n) is 5.97.